The van der Waals surface area contributed by atoms with E-state index in [4.69, 9.17) is 5.11 Å². The van der Waals surface area contributed by atoms with E-state index in [-0.39, 0.29) is 24.9 Å². The fourth-order valence-electron chi connectivity index (χ4n) is 2.08. The zero-order valence-corrected chi connectivity index (χ0v) is 9.70. The molecule has 1 N–H and O–H groups in total. The molecule has 0 aromatic carbocycles. The van der Waals surface area contributed by atoms with Crippen molar-refractivity contribution >= 4 is 11.9 Å². The van der Waals surface area contributed by atoms with Crippen molar-refractivity contribution in [2.75, 3.05) is 6.54 Å². The predicted octanol–water partition coefficient (Wildman–Crippen LogP) is -0.191. The number of rotatable bonds is 3. The Morgan fingerprint density at radius 2 is 2.35 bits per heavy atom. The molecule has 2 rings (SSSR count). The van der Waals surface area contributed by atoms with Crippen LogP contribution in [0, 0.1) is 5.92 Å². The summed E-state index contributed by atoms with van der Waals surface area (Å²) < 4.78 is 1.73. The second kappa shape index (κ2) is 4.15. The van der Waals surface area contributed by atoms with Gasteiger partial charge in [-0.3, -0.25) is 9.59 Å². The van der Waals surface area contributed by atoms with Gasteiger partial charge >= 0.3 is 5.97 Å². The first-order valence-electron chi connectivity index (χ1n) is 5.37. The maximum atomic E-state index is 11.7. The monoisotopic (exact) mass is 238 g/mol. The van der Waals surface area contributed by atoms with E-state index in [0.717, 1.165) is 0 Å². The van der Waals surface area contributed by atoms with Crippen molar-refractivity contribution in [2.45, 2.75) is 19.4 Å². The highest BCUT2D eigenvalue weighted by atomic mass is 16.4. The number of nitrogens with zero attached hydrogens (tertiary/aromatic N) is 4. The number of carbonyl (C=O) groups excluding carboxylic acids is 1. The molecular formula is C10H14N4O3. The van der Waals surface area contributed by atoms with E-state index < -0.39 is 11.9 Å². The number of aromatic nitrogens is 3. The van der Waals surface area contributed by atoms with Crippen molar-refractivity contribution in [1.82, 2.24) is 19.7 Å². The van der Waals surface area contributed by atoms with E-state index in [2.05, 4.69) is 10.2 Å². The molecule has 92 valence electrons. The lowest BCUT2D eigenvalue weighted by molar-refractivity contribution is -0.141. The Labute approximate surface area is 98.0 Å². The maximum absolute atomic E-state index is 11.7. The number of aryl methyl sites for hydroxylation is 1. The molecule has 0 spiro atoms. The number of carbonyl (C=O) groups is 2. The van der Waals surface area contributed by atoms with Crippen molar-refractivity contribution < 1.29 is 14.7 Å². The van der Waals surface area contributed by atoms with E-state index >= 15 is 0 Å². The van der Waals surface area contributed by atoms with Gasteiger partial charge in [-0.2, -0.15) is 0 Å². The number of hydrogen-bond donors (Lipinski definition) is 1. The van der Waals surface area contributed by atoms with Crippen LogP contribution in [-0.2, 0) is 16.6 Å². The van der Waals surface area contributed by atoms with Gasteiger partial charge in [0.25, 0.3) is 0 Å². The number of carboxylic acid groups (broad SMARTS) is 1. The standard InChI is InChI=1S/C10H14N4O3/c1-6(9-12-11-5-13(9)2)14-4-7(10(16)17)3-8(14)15/h5-7H,3-4H2,1-2H3,(H,16,17). The van der Waals surface area contributed by atoms with E-state index in [9.17, 15) is 9.59 Å². The Balaban J connectivity index is 2.16. The van der Waals surface area contributed by atoms with Crippen molar-refractivity contribution in [3.8, 4) is 0 Å². The van der Waals surface area contributed by atoms with Gasteiger partial charge < -0.3 is 14.6 Å². The Bertz CT molecular complexity index is 456. The van der Waals surface area contributed by atoms with Crippen molar-refractivity contribution in [3.63, 3.8) is 0 Å². The summed E-state index contributed by atoms with van der Waals surface area (Å²) in [6.07, 6.45) is 1.62. The summed E-state index contributed by atoms with van der Waals surface area (Å²) in [5, 5.41) is 16.6. The van der Waals surface area contributed by atoms with Gasteiger partial charge in [-0.25, -0.2) is 0 Å². The molecule has 2 atom stereocenters. The van der Waals surface area contributed by atoms with Crippen LogP contribution in [0.1, 0.15) is 25.2 Å². The molecule has 1 saturated heterocycles. The number of amides is 1. The number of aliphatic carboxylic acids is 1. The van der Waals surface area contributed by atoms with E-state index in [0.29, 0.717) is 5.82 Å². The molecule has 1 aliphatic rings. The fourth-order valence-corrected chi connectivity index (χ4v) is 2.08. The van der Waals surface area contributed by atoms with Crippen LogP contribution in [0.25, 0.3) is 0 Å². The minimum Gasteiger partial charge on any atom is -0.481 e. The summed E-state index contributed by atoms with van der Waals surface area (Å²) in [5.74, 6) is -1.03. The summed E-state index contributed by atoms with van der Waals surface area (Å²) in [5.41, 5.74) is 0. The molecule has 0 aliphatic carbocycles. The van der Waals surface area contributed by atoms with Crippen molar-refractivity contribution in [1.29, 1.82) is 0 Å². The van der Waals surface area contributed by atoms with Gasteiger partial charge in [0.15, 0.2) is 5.82 Å². The van der Waals surface area contributed by atoms with E-state index in [1.807, 2.05) is 6.92 Å². The lowest BCUT2D eigenvalue weighted by Gasteiger charge is -2.23. The average Bonchev–Trinajstić information content (AvgIpc) is 2.83. The second-order valence-electron chi connectivity index (χ2n) is 4.26. The highest BCUT2D eigenvalue weighted by Crippen LogP contribution is 2.27. The topological polar surface area (TPSA) is 88.3 Å². The van der Waals surface area contributed by atoms with E-state index in [1.165, 1.54) is 0 Å². The molecule has 1 fully saturated rings. The molecule has 1 aromatic heterocycles. The molecule has 0 bridgehead atoms. The molecule has 0 saturated carbocycles. The summed E-state index contributed by atoms with van der Waals surface area (Å²) in [6.45, 7) is 2.06. The zero-order valence-electron chi connectivity index (χ0n) is 9.70. The van der Waals surface area contributed by atoms with Crippen LogP contribution in [-0.4, -0.2) is 43.2 Å². The number of carboxylic acids is 1. The molecule has 1 amide bonds. The summed E-state index contributed by atoms with van der Waals surface area (Å²) in [4.78, 5) is 24.1. The Kier molecular flexibility index (Phi) is 2.83. The van der Waals surface area contributed by atoms with Gasteiger partial charge in [0.2, 0.25) is 5.91 Å². The van der Waals surface area contributed by atoms with E-state index in [1.54, 1.807) is 22.8 Å². The van der Waals surface area contributed by atoms with Gasteiger partial charge in [-0.1, -0.05) is 0 Å². The SMILES string of the molecule is CC(c1nncn1C)N1CC(C(=O)O)CC1=O. The minimum absolute atomic E-state index is 0.0670. The normalized spacial score (nSPS) is 21.9. The highest BCUT2D eigenvalue weighted by Gasteiger charge is 2.38. The third-order valence-electron chi connectivity index (χ3n) is 3.10. The van der Waals surface area contributed by atoms with Crippen LogP contribution in [0.5, 0.6) is 0 Å². The fraction of sp³-hybridized carbons (Fsp3) is 0.600. The molecule has 1 aromatic rings. The Hall–Kier alpha value is -1.92. The van der Waals surface area contributed by atoms with Gasteiger partial charge in [-0.05, 0) is 6.92 Å². The highest BCUT2D eigenvalue weighted by molar-refractivity contribution is 5.86. The summed E-state index contributed by atoms with van der Waals surface area (Å²) in [7, 11) is 1.79. The summed E-state index contributed by atoms with van der Waals surface area (Å²) >= 11 is 0. The molecule has 2 heterocycles. The molecular weight excluding hydrogens is 224 g/mol. The maximum Gasteiger partial charge on any atom is 0.308 e. The average molecular weight is 238 g/mol. The van der Waals surface area contributed by atoms with Gasteiger partial charge in [0.05, 0.1) is 12.0 Å². The Morgan fingerprint density at radius 1 is 1.65 bits per heavy atom. The molecule has 7 nitrogen and oxygen atoms in total. The van der Waals surface area contributed by atoms with Crippen LogP contribution < -0.4 is 0 Å². The number of hydrogen-bond acceptors (Lipinski definition) is 4. The summed E-state index contributed by atoms with van der Waals surface area (Å²) in [6, 6.07) is -0.251. The number of likely N-dealkylation sites (tertiary alicyclic amines) is 1. The quantitative estimate of drug-likeness (QED) is 0.788. The smallest absolute Gasteiger partial charge is 0.308 e. The minimum atomic E-state index is -0.925. The molecule has 17 heavy (non-hydrogen) atoms. The largest absolute Gasteiger partial charge is 0.481 e. The second-order valence-corrected chi connectivity index (χ2v) is 4.26. The van der Waals surface area contributed by atoms with Crippen molar-refractivity contribution in [2.24, 2.45) is 13.0 Å². The molecule has 1 aliphatic heterocycles. The third kappa shape index (κ3) is 2.00. The first kappa shape index (κ1) is 11.6. The van der Waals surface area contributed by atoms with Crippen LogP contribution in [0.15, 0.2) is 6.33 Å². The molecule has 2 unspecified atom stereocenters. The van der Waals surface area contributed by atoms with Crippen LogP contribution >= 0.6 is 0 Å². The zero-order chi connectivity index (χ0) is 12.6. The molecule has 7 heteroatoms. The van der Waals surface area contributed by atoms with Crippen LogP contribution in [0.2, 0.25) is 0 Å². The lowest BCUT2D eigenvalue weighted by atomic mass is 10.1. The van der Waals surface area contributed by atoms with Crippen molar-refractivity contribution in [3.05, 3.63) is 12.2 Å². The van der Waals surface area contributed by atoms with Gasteiger partial charge in [0, 0.05) is 20.0 Å². The predicted molar refractivity (Wildman–Crippen MR) is 56.9 cm³/mol. The van der Waals surface area contributed by atoms with Gasteiger partial charge in [0.1, 0.15) is 6.33 Å². The molecule has 0 radical (unpaired) electrons. The third-order valence-corrected chi connectivity index (χ3v) is 3.10. The first-order chi connectivity index (χ1) is 8.00. The Morgan fingerprint density at radius 3 is 2.82 bits per heavy atom. The van der Waals surface area contributed by atoms with Crippen LogP contribution in [0.4, 0.5) is 0 Å². The van der Waals surface area contributed by atoms with Gasteiger partial charge in [-0.15, -0.1) is 10.2 Å². The lowest BCUT2D eigenvalue weighted by Crippen LogP contribution is -2.30. The van der Waals surface area contributed by atoms with Crippen LogP contribution in [0.3, 0.4) is 0 Å². The first-order valence-corrected chi connectivity index (χ1v) is 5.37.